The zero-order valence-corrected chi connectivity index (χ0v) is 7.57. The lowest BCUT2D eigenvalue weighted by Crippen LogP contribution is -2.37. The monoisotopic (exact) mass is 184 g/mol. The first-order valence-corrected chi connectivity index (χ1v) is 3.92. The fourth-order valence-corrected chi connectivity index (χ4v) is 0.733. The van der Waals surface area contributed by atoms with Crippen LogP contribution in [0.25, 0.3) is 0 Å². The average Bonchev–Trinajstić information content (AvgIpc) is 2.47. The molecule has 0 unspecified atom stereocenters. The quantitative estimate of drug-likeness (QED) is 0.650. The first kappa shape index (κ1) is 9.66. The molecule has 1 heterocycles. The summed E-state index contributed by atoms with van der Waals surface area (Å²) in [6.45, 7) is 3.51. The summed E-state index contributed by atoms with van der Waals surface area (Å²) in [5.74, 6) is 0.618. The number of nitrogens with two attached hydrogens (primary N) is 1. The number of carbonyl (C=O) groups is 1. The lowest BCUT2D eigenvalue weighted by atomic mass is 10.3. The van der Waals surface area contributed by atoms with Crippen LogP contribution in [0.2, 0.25) is 0 Å². The molecule has 0 saturated heterocycles. The summed E-state index contributed by atoms with van der Waals surface area (Å²) in [5, 5.41) is 9.87. The van der Waals surface area contributed by atoms with Gasteiger partial charge in [-0.2, -0.15) is 0 Å². The van der Waals surface area contributed by atoms with E-state index in [1.54, 1.807) is 13.8 Å². The van der Waals surface area contributed by atoms with E-state index in [1.165, 1.54) is 0 Å². The minimum Gasteiger partial charge on any atom is -0.424 e. The molecule has 0 aromatic carbocycles. The van der Waals surface area contributed by atoms with Gasteiger partial charge in [0.05, 0.1) is 12.6 Å². The topological polar surface area (TPSA) is 94.0 Å². The van der Waals surface area contributed by atoms with Crippen molar-refractivity contribution in [2.24, 2.45) is 5.73 Å². The Hall–Kier alpha value is -1.43. The molecule has 0 aliphatic heterocycles. The highest BCUT2D eigenvalue weighted by Crippen LogP contribution is 1.96. The Kier molecular flexibility index (Phi) is 2.97. The van der Waals surface area contributed by atoms with E-state index in [2.05, 4.69) is 15.5 Å². The molecule has 13 heavy (non-hydrogen) atoms. The number of amides is 1. The van der Waals surface area contributed by atoms with Crippen LogP contribution in [0.4, 0.5) is 0 Å². The number of rotatable bonds is 3. The van der Waals surface area contributed by atoms with Crippen molar-refractivity contribution in [3.05, 3.63) is 11.8 Å². The van der Waals surface area contributed by atoms with E-state index in [0.29, 0.717) is 11.8 Å². The second-order valence-electron chi connectivity index (χ2n) is 2.72. The highest BCUT2D eigenvalue weighted by molar-refractivity contribution is 5.80. The minimum absolute atomic E-state index is 0.223. The van der Waals surface area contributed by atoms with Gasteiger partial charge in [0.2, 0.25) is 17.7 Å². The van der Waals surface area contributed by atoms with Crippen LogP contribution in [0.5, 0.6) is 0 Å². The number of nitrogens with one attached hydrogen (secondary N) is 1. The van der Waals surface area contributed by atoms with E-state index in [9.17, 15) is 4.79 Å². The van der Waals surface area contributed by atoms with Crippen molar-refractivity contribution in [3.63, 3.8) is 0 Å². The third-order valence-electron chi connectivity index (χ3n) is 1.40. The highest BCUT2D eigenvalue weighted by atomic mass is 16.4. The predicted octanol–water partition coefficient (Wildman–Crippen LogP) is -0.659. The van der Waals surface area contributed by atoms with Gasteiger partial charge >= 0.3 is 0 Å². The Morgan fingerprint density at radius 1 is 1.69 bits per heavy atom. The van der Waals surface area contributed by atoms with Gasteiger partial charge in [-0.05, 0) is 6.92 Å². The van der Waals surface area contributed by atoms with Gasteiger partial charge in [-0.1, -0.05) is 0 Å². The summed E-state index contributed by atoms with van der Waals surface area (Å²) in [5.41, 5.74) is 5.33. The van der Waals surface area contributed by atoms with Crippen LogP contribution in [0, 0.1) is 6.92 Å². The van der Waals surface area contributed by atoms with E-state index in [0.717, 1.165) is 0 Å². The van der Waals surface area contributed by atoms with E-state index in [-0.39, 0.29) is 12.5 Å². The van der Waals surface area contributed by atoms with Crippen molar-refractivity contribution in [3.8, 4) is 0 Å². The van der Waals surface area contributed by atoms with Crippen molar-refractivity contribution in [2.75, 3.05) is 0 Å². The fourth-order valence-electron chi connectivity index (χ4n) is 0.733. The Labute approximate surface area is 75.5 Å². The zero-order valence-electron chi connectivity index (χ0n) is 7.57. The fraction of sp³-hybridized carbons (Fsp3) is 0.571. The Balaban J connectivity index is 2.39. The maximum atomic E-state index is 11.0. The molecule has 1 aromatic rings. The molecular formula is C7H12N4O2. The van der Waals surface area contributed by atoms with Crippen molar-refractivity contribution < 1.29 is 9.21 Å². The molecular weight excluding hydrogens is 172 g/mol. The summed E-state index contributed by atoms with van der Waals surface area (Å²) < 4.78 is 5.04. The van der Waals surface area contributed by atoms with Crippen LogP contribution in [0.1, 0.15) is 18.7 Å². The smallest absolute Gasteiger partial charge is 0.237 e. The summed E-state index contributed by atoms with van der Waals surface area (Å²) in [6, 6.07) is -0.524. The first-order chi connectivity index (χ1) is 6.09. The van der Waals surface area contributed by atoms with Crippen LogP contribution in [0.3, 0.4) is 0 Å². The summed E-state index contributed by atoms with van der Waals surface area (Å²) in [7, 11) is 0. The maximum absolute atomic E-state index is 11.0. The largest absolute Gasteiger partial charge is 0.424 e. The van der Waals surface area contributed by atoms with Crippen LogP contribution in [-0.4, -0.2) is 22.1 Å². The van der Waals surface area contributed by atoms with Gasteiger partial charge in [0, 0.05) is 6.92 Å². The van der Waals surface area contributed by atoms with Gasteiger partial charge in [-0.3, -0.25) is 4.79 Å². The second kappa shape index (κ2) is 3.99. The zero-order chi connectivity index (χ0) is 9.84. The average molecular weight is 184 g/mol. The van der Waals surface area contributed by atoms with Crippen molar-refractivity contribution in [1.29, 1.82) is 0 Å². The molecule has 0 radical (unpaired) electrons. The van der Waals surface area contributed by atoms with Crippen LogP contribution in [0.15, 0.2) is 4.42 Å². The molecule has 0 spiro atoms. The lowest BCUT2D eigenvalue weighted by Gasteiger charge is -2.04. The minimum atomic E-state index is -0.524. The SMILES string of the molecule is Cc1nnc(CNC(=O)[C@@H](C)N)o1. The third-order valence-corrected chi connectivity index (χ3v) is 1.40. The summed E-state index contributed by atoms with van der Waals surface area (Å²) in [4.78, 5) is 11.0. The molecule has 6 nitrogen and oxygen atoms in total. The lowest BCUT2D eigenvalue weighted by molar-refractivity contribution is -0.122. The molecule has 0 bridgehead atoms. The number of hydrogen-bond donors (Lipinski definition) is 2. The Bertz CT molecular complexity index is 294. The van der Waals surface area contributed by atoms with Crippen LogP contribution < -0.4 is 11.1 Å². The molecule has 0 fully saturated rings. The molecule has 72 valence electrons. The van der Waals surface area contributed by atoms with Crippen molar-refractivity contribution in [2.45, 2.75) is 26.4 Å². The van der Waals surface area contributed by atoms with E-state index >= 15 is 0 Å². The van der Waals surface area contributed by atoms with Gasteiger partial charge in [0.25, 0.3) is 0 Å². The first-order valence-electron chi connectivity index (χ1n) is 3.92. The maximum Gasteiger partial charge on any atom is 0.237 e. The van der Waals surface area contributed by atoms with Crippen LogP contribution >= 0.6 is 0 Å². The molecule has 1 atom stereocenters. The Morgan fingerprint density at radius 3 is 2.85 bits per heavy atom. The summed E-state index contributed by atoms with van der Waals surface area (Å²) >= 11 is 0. The molecule has 0 aliphatic rings. The van der Waals surface area contributed by atoms with Gasteiger partial charge < -0.3 is 15.5 Å². The standard InChI is InChI=1S/C7H12N4O2/c1-4(8)7(12)9-3-6-11-10-5(2)13-6/h4H,3,8H2,1-2H3,(H,9,12)/t4-/m1/s1. The number of carbonyl (C=O) groups excluding carboxylic acids is 1. The number of hydrogen-bond acceptors (Lipinski definition) is 5. The van der Waals surface area contributed by atoms with Crippen molar-refractivity contribution in [1.82, 2.24) is 15.5 Å². The molecule has 0 aliphatic carbocycles. The van der Waals surface area contributed by atoms with E-state index < -0.39 is 6.04 Å². The van der Waals surface area contributed by atoms with Gasteiger partial charge in [-0.25, -0.2) is 0 Å². The summed E-state index contributed by atoms with van der Waals surface area (Å²) in [6.07, 6.45) is 0. The van der Waals surface area contributed by atoms with Gasteiger partial charge in [0.1, 0.15) is 0 Å². The molecule has 1 rings (SSSR count). The van der Waals surface area contributed by atoms with Crippen LogP contribution in [-0.2, 0) is 11.3 Å². The molecule has 0 saturated carbocycles. The highest BCUT2D eigenvalue weighted by Gasteiger charge is 2.08. The van der Waals surface area contributed by atoms with Crippen molar-refractivity contribution >= 4 is 5.91 Å². The number of aromatic nitrogens is 2. The molecule has 1 amide bonds. The predicted molar refractivity (Wildman–Crippen MR) is 44.5 cm³/mol. The van der Waals surface area contributed by atoms with E-state index in [1.807, 2.05) is 0 Å². The molecule has 6 heteroatoms. The third kappa shape index (κ3) is 2.83. The van der Waals surface area contributed by atoms with Gasteiger partial charge in [0.15, 0.2) is 0 Å². The number of nitrogens with zero attached hydrogens (tertiary/aromatic N) is 2. The second-order valence-corrected chi connectivity index (χ2v) is 2.72. The molecule has 3 N–H and O–H groups in total. The van der Waals surface area contributed by atoms with E-state index in [4.69, 9.17) is 10.2 Å². The van der Waals surface area contributed by atoms with Gasteiger partial charge in [-0.15, -0.1) is 10.2 Å². The number of aryl methyl sites for hydroxylation is 1. The normalized spacial score (nSPS) is 12.5. The molecule has 1 aromatic heterocycles. The Morgan fingerprint density at radius 2 is 2.38 bits per heavy atom.